The summed E-state index contributed by atoms with van der Waals surface area (Å²) in [7, 11) is 0. The van der Waals surface area contributed by atoms with Crippen LogP contribution in [0, 0.1) is 5.92 Å². The summed E-state index contributed by atoms with van der Waals surface area (Å²) in [6.45, 7) is 6.82. The third-order valence-corrected chi connectivity index (χ3v) is 4.09. The van der Waals surface area contributed by atoms with E-state index in [2.05, 4.69) is 12.2 Å². The highest BCUT2D eigenvalue weighted by Gasteiger charge is 2.15. The van der Waals surface area contributed by atoms with Gasteiger partial charge in [-0.3, -0.25) is 9.59 Å². The highest BCUT2D eigenvalue weighted by molar-refractivity contribution is 5.86. The van der Waals surface area contributed by atoms with Crippen molar-refractivity contribution in [2.24, 2.45) is 5.92 Å². The van der Waals surface area contributed by atoms with Gasteiger partial charge in [0.15, 0.2) is 0 Å². The molecule has 0 unspecified atom stereocenters. The van der Waals surface area contributed by atoms with Crippen LogP contribution >= 0.6 is 0 Å². The second-order valence-electron chi connectivity index (χ2n) is 6.51. The van der Waals surface area contributed by atoms with E-state index in [4.69, 9.17) is 0 Å². The fraction of sp³-hybridized carbons (Fsp3) is 0.895. The average Bonchev–Trinajstić information content (AvgIpc) is 2.50. The van der Waals surface area contributed by atoms with Crippen LogP contribution in [-0.2, 0) is 9.59 Å². The summed E-state index contributed by atoms with van der Waals surface area (Å²) < 4.78 is 0. The van der Waals surface area contributed by atoms with Crippen molar-refractivity contribution in [1.29, 1.82) is 0 Å². The Morgan fingerprint density at radius 3 is 1.91 bits per heavy atom. The lowest BCUT2D eigenvalue weighted by atomic mass is 9.99. The number of carbonyl (C=O) groups is 2. The fourth-order valence-corrected chi connectivity index (χ4v) is 2.59. The number of amides is 1. The Morgan fingerprint density at radius 1 is 0.818 bits per heavy atom. The van der Waals surface area contributed by atoms with E-state index in [1.54, 1.807) is 0 Å². The van der Waals surface area contributed by atoms with Gasteiger partial charge >= 0.3 is 0 Å². The molecule has 22 heavy (non-hydrogen) atoms. The van der Waals surface area contributed by atoms with Crippen molar-refractivity contribution in [3.05, 3.63) is 0 Å². The Morgan fingerprint density at radius 2 is 1.36 bits per heavy atom. The van der Waals surface area contributed by atoms with Crippen molar-refractivity contribution in [2.75, 3.05) is 6.54 Å². The minimum Gasteiger partial charge on any atom is -0.356 e. The van der Waals surface area contributed by atoms with Gasteiger partial charge in [-0.25, -0.2) is 0 Å². The molecular weight excluding hydrogens is 274 g/mol. The van der Waals surface area contributed by atoms with Crippen LogP contribution in [0.2, 0.25) is 0 Å². The minimum absolute atomic E-state index is 0.0160. The summed E-state index contributed by atoms with van der Waals surface area (Å²) in [5, 5.41) is 2.85. The Bertz CT molecular complexity index is 289. The second-order valence-corrected chi connectivity index (χ2v) is 6.51. The van der Waals surface area contributed by atoms with Crippen LogP contribution in [0.15, 0.2) is 0 Å². The largest absolute Gasteiger partial charge is 0.356 e. The van der Waals surface area contributed by atoms with Gasteiger partial charge in [-0.1, -0.05) is 72.1 Å². The Balaban J connectivity index is 3.47. The molecule has 0 aromatic carbocycles. The van der Waals surface area contributed by atoms with Crippen molar-refractivity contribution >= 4 is 11.7 Å². The lowest BCUT2D eigenvalue weighted by Crippen LogP contribution is -2.30. The van der Waals surface area contributed by atoms with E-state index >= 15 is 0 Å². The number of unbranched alkanes of at least 4 members (excludes halogenated alkanes) is 8. The molecule has 3 heteroatoms. The van der Waals surface area contributed by atoms with Gasteiger partial charge in [0, 0.05) is 25.3 Å². The molecular formula is C19H37NO2. The van der Waals surface area contributed by atoms with Gasteiger partial charge in [0.05, 0.1) is 0 Å². The molecule has 0 aliphatic heterocycles. The van der Waals surface area contributed by atoms with Gasteiger partial charge in [0.1, 0.15) is 5.78 Å². The Labute approximate surface area is 137 Å². The number of ketones is 1. The van der Waals surface area contributed by atoms with E-state index in [1.807, 2.05) is 13.8 Å². The summed E-state index contributed by atoms with van der Waals surface area (Å²) in [6, 6.07) is 0. The van der Waals surface area contributed by atoms with Crippen LogP contribution in [0.3, 0.4) is 0 Å². The third-order valence-electron chi connectivity index (χ3n) is 4.09. The SMILES string of the molecule is CCCCCCCCCCCC(=O)C[C@@H](C)C(=O)NCCC. The first kappa shape index (κ1) is 21.1. The number of nitrogens with one attached hydrogen (secondary N) is 1. The van der Waals surface area contributed by atoms with Gasteiger partial charge in [-0.05, 0) is 12.8 Å². The zero-order valence-electron chi connectivity index (χ0n) is 15.1. The van der Waals surface area contributed by atoms with Crippen LogP contribution in [-0.4, -0.2) is 18.2 Å². The lowest BCUT2D eigenvalue weighted by Gasteiger charge is -2.10. The monoisotopic (exact) mass is 311 g/mol. The van der Waals surface area contributed by atoms with Gasteiger partial charge in [0.2, 0.25) is 5.91 Å². The molecule has 0 saturated heterocycles. The zero-order chi connectivity index (χ0) is 16.6. The van der Waals surface area contributed by atoms with E-state index in [-0.39, 0.29) is 17.6 Å². The van der Waals surface area contributed by atoms with E-state index < -0.39 is 0 Å². The van der Waals surface area contributed by atoms with Crippen molar-refractivity contribution < 1.29 is 9.59 Å². The molecule has 130 valence electrons. The Kier molecular flexibility index (Phi) is 14.5. The van der Waals surface area contributed by atoms with Crippen molar-refractivity contribution in [1.82, 2.24) is 5.32 Å². The summed E-state index contributed by atoms with van der Waals surface area (Å²) in [6.07, 6.45) is 13.4. The molecule has 0 aliphatic rings. The molecule has 0 fully saturated rings. The number of hydrogen-bond acceptors (Lipinski definition) is 2. The van der Waals surface area contributed by atoms with Gasteiger partial charge in [0.25, 0.3) is 0 Å². The molecule has 3 nitrogen and oxygen atoms in total. The second kappa shape index (κ2) is 15.1. The quantitative estimate of drug-likeness (QED) is 0.431. The maximum atomic E-state index is 11.9. The molecule has 1 atom stereocenters. The maximum absolute atomic E-state index is 11.9. The fourth-order valence-electron chi connectivity index (χ4n) is 2.59. The van der Waals surface area contributed by atoms with Crippen molar-refractivity contribution in [3.8, 4) is 0 Å². The maximum Gasteiger partial charge on any atom is 0.223 e. The van der Waals surface area contributed by atoms with Crippen LogP contribution in [0.25, 0.3) is 0 Å². The van der Waals surface area contributed by atoms with Crippen molar-refractivity contribution in [2.45, 2.75) is 97.8 Å². The average molecular weight is 312 g/mol. The molecule has 0 radical (unpaired) electrons. The molecule has 0 bridgehead atoms. The smallest absolute Gasteiger partial charge is 0.223 e. The predicted octanol–water partition coefficient (Wildman–Crippen LogP) is 5.03. The van der Waals surface area contributed by atoms with Gasteiger partial charge < -0.3 is 5.32 Å². The highest BCUT2D eigenvalue weighted by Crippen LogP contribution is 2.12. The first-order chi connectivity index (χ1) is 10.6. The summed E-state index contributed by atoms with van der Waals surface area (Å²) >= 11 is 0. The molecule has 0 rings (SSSR count). The van der Waals surface area contributed by atoms with Crippen LogP contribution in [0.5, 0.6) is 0 Å². The first-order valence-electron chi connectivity index (χ1n) is 9.41. The summed E-state index contributed by atoms with van der Waals surface area (Å²) in [5.74, 6) is 0.0713. The Hall–Kier alpha value is -0.860. The summed E-state index contributed by atoms with van der Waals surface area (Å²) in [5.41, 5.74) is 0. The van der Waals surface area contributed by atoms with Crippen LogP contribution in [0.1, 0.15) is 97.8 Å². The van der Waals surface area contributed by atoms with Gasteiger partial charge in [-0.15, -0.1) is 0 Å². The third kappa shape index (κ3) is 12.8. The first-order valence-corrected chi connectivity index (χ1v) is 9.41. The van der Waals surface area contributed by atoms with E-state index in [0.29, 0.717) is 19.4 Å². The van der Waals surface area contributed by atoms with Gasteiger partial charge in [-0.2, -0.15) is 0 Å². The number of carbonyl (C=O) groups excluding carboxylic acids is 2. The van der Waals surface area contributed by atoms with Crippen molar-refractivity contribution in [3.63, 3.8) is 0 Å². The number of Topliss-reactive ketones (excluding diaryl/α,β-unsaturated/α-hetero) is 1. The van der Waals surface area contributed by atoms with E-state index in [9.17, 15) is 9.59 Å². The standard InChI is InChI=1S/C19H37NO2/c1-4-6-7-8-9-10-11-12-13-14-18(21)16-17(3)19(22)20-15-5-2/h17H,4-16H2,1-3H3,(H,20,22)/t17-/m1/s1. The lowest BCUT2D eigenvalue weighted by molar-refractivity contribution is -0.129. The summed E-state index contributed by atoms with van der Waals surface area (Å²) in [4.78, 5) is 23.6. The van der Waals surface area contributed by atoms with Crippen LogP contribution < -0.4 is 5.32 Å². The molecule has 0 aromatic rings. The molecule has 0 spiro atoms. The zero-order valence-corrected chi connectivity index (χ0v) is 15.1. The van der Waals surface area contributed by atoms with E-state index in [0.717, 1.165) is 19.3 Å². The molecule has 1 amide bonds. The number of hydrogen-bond donors (Lipinski definition) is 1. The molecule has 0 aliphatic carbocycles. The molecule has 1 N–H and O–H groups in total. The normalized spacial score (nSPS) is 12.1. The number of rotatable bonds is 15. The molecule has 0 heterocycles. The van der Waals surface area contributed by atoms with E-state index in [1.165, 1.54) is 44.9 Å². The topological polar surface area (TPSA) is 46.2 Å². The highest BCUT2D eigenvalue weighted by atomic mass is 16.2. The minimum atomic E-state index is -0.183. The predicted molar refractivity (Wildman–Crippen MR) is 93.9 cm³/mol. The molecule has 0 aromatic heterocycles. The molecule has 0 saturated carbocycles. The van der Waals surface area contributed by atoms with Crippen LogP contribution in [0.4, 0.5) is 0 Å².